The van der Waals surface area contributed by atoms with Crippen molar-refractivity contribution in [2.75, 3.05) is 5.32 Å². The van der Waals surface area contributed by atoms with Gasteiger partial charge in [0.1, 0.15) is 6.04 Å². The fraction of sp³-hybridized carbons (Fsp3) is 0.500. The molecule has 2 heterocycles. The van der Waals surface area contributed by atoms with Gasteiger partial charge in [0.2, 0.25) is 5.91 Å². The molecular weight excluding hydrogens is 204 g/mol. The number of hydrazine groups is 1. The van der Waals surface area contributed by atoms with E-state index in [1.165, 1.54) is 11.5 Å². The topological polar surface area (TPSA) is 105 Å². The molecule has 2 rings (SSSR count). The molecule has 1 amide bonds. The first-order valence-corrected chi connectivity index (χ1v) is 4.94. The SMILES string of the molecule is NC1CC(C(=O)Nc2csnn2)NN1. The maximum atomic E-state index is 11.5. The minimum Gasteiger partial charge on any atom is -0.315 e. The molecule has 14 heavy (non-hydrogen) atoms. The van der Waals surface area contributed by atoms with Crippen LogP contribution < -0.4 is 21.9 Å². The van der Waals surface area contributed by atoms with Crippen LogP contribution in [0, 0.1) is 0 Å². The van der Waals surface area contributed by atoms with Crippen molar-refractivity contribution in [1.29, 1.82) is 0 Å². The largest absolute Gasteiger partial charge is 0.315 e. The van der Waals surface area contributed by atoms with Crippen molar-refractivity contribution >= 4 is 23.3 Å². The zero-order valence-corrected chi connectivity index (χ0v) is 8.04. The molecule has 5 N–H and O–H groups in total. The summed E-state index contributed by atoms with van der Waals surface area (Å²) in [5.41, 5.74) is 11.1. The van der Waals surface area contributed by atoms with Gasteiger partial charge in [0.15, 0.2) is 5.82 Å². The van der Waals surface area contributed by atoms with Crippen LogP contribution in [0.1, 0.15) is 6.42 Å². The molecule has 0 radical (unpaired) electrons. The number of nitrogens with one attached hydrogen (secondary N) is 3. The number of carbonyl (C=O) groups excluding carboxylic acids is 1. The van der Waals surface area contributed by atoms with Crippen LogP contribution in [-0.4, -0.2) is 27.7 Å². The summed E-state index contributed by atoms with van der Waals surface area (Å²) in [6.45, 7) is 0. The molecule has 1 saturated heterocycles. The highest BCUT2D eigenvalue weighted by atomic mass is 32.1. The van der Waals surface area contributed by atoms with E-state index in [2.05, 4.69) is 25.8 Å². The third-order valence-corrected chi connectivity index (χ3v) is 2.36. The van der Waals surface area contributed by atoms with Crippen molar-refractivity contribution < 1.29 is 4.79 Å². The predicted molar refractivity (Wildman–Crippen MR) is 51.2 cm³/mol. The Morgan fingerprint density at radius 3 is 3.14 bits per heavy atom. The van der Waals surface area contributed by atoms with Gasteiger partial charge in [-0.3, -0.25) is 4.79 Å². The molecule has 76 valence electrons. The van der Waals surface area contributed by atoms with E-state index in [4.69, 9.17) is 5.73 Å². The second-order valence-electron chi connectivity index (χ2n) is 2.96. The van der Waals surface area contributed by atoms with Crippen LogP contribution in [0.5, 0.6) is 0 Å². The van der Waals surface area contributed by atoms with E-state index < -0.39 is 0 Å². The van der Waals surface area contributed by atoms with Crippen LogP contribution in [-0.2, 0) is 4.79 Å². The number of nitrogens with two attached hydrogens (primary N) is 1. The highest BCUT2D eigenvalue weighted by molar-refractivity contribution is 7.03. The van der Waals surface area contributed by atoms with Crippen molar-refractivity contribution in [2.45, 2.75) is 18.6 Å². The average molecular weight is 214 g/mol. The first-order chi connectivity index (χ1) is 6.75. The van der Waals surface area contributed by atoms with E-state index in [9.17, 15) is 4.79 Å². The molecule has 0 saturated carbocycles. The molecule has 1 fully saturated rings. The van der Waals surface area contributed by atoms with Gasteiger partial charge in [0, 0.05) is 6.42 Å². The highest BCUT2D eigenvalue weighted by Crippen LogP contribution is 2.07. The lowest BCUT2D eigenvalue weighted by atomic mass is 10.2. The lowest BCUT2D eigenvalue weighted by Crippen LogP contribution is -2.41. The number of carbonyl (C=O) groups is 1. The Kier molecular flexibility index (Phi) is 2.68. The molecule has 2 unspecified atom stereocenters. The van der Waals surface area contributed by atoms with Crippen LogP contribution in [0.3, 0.4) is 0 Å². The number of amides is 1. The van der Waals surface area contributed by atoms with Crippen molar-refractivity contribution in [1.82, 2.24) is 20.4 Å². The molecule has 1 aliphatic heterocycles. The average Bonchev–Trinajstić information content (AvgIpc) is 2.75. The van der Waals surface area contributed by atoms with Gasteiger partial charge in [0.05, 0.1) is 11.5 Å². The lowest BCUT2D eigenvalue weighted by molar-refractivity contribution is -0.117. The molecular formula is C6H10N6OS. The highest BCUT2D eigenvalue weighted by Gasteiger charge is 2.27. The molecule has 7 nitrogen and oxygen atoms in total. The minimum atomic E-state index is -0.313. The Morgan fingerprint density at radius 1 is 1.71 bits per heavy atom. The molecule has 1 aromatic heterocycles. The Labute approximate surface area is 84.2 Å². The van der Waals surface area contributed by atoms with Crippen LogP contribution >= 0.6 is 11.5 Å². The predicted octanol–water partition coefficient (Wildman–Crippen LogP) is -1.37. The van der Waals surface area contributed by atoms with Gasteiger partial charge in [-0.15, -0.1) is 5.10 Å². The summed E-state index contributed by atoms with van der Waals surface area (Å²) in [5, 5.41) is 7.99. The smallest absolute Gasteiger partial charge is 0.244 e. The molecule has 2 atom stereocenters. The number of hydrogen-bond acceptors (Lipinski definition) is 7. The Hall–Kier alpha value is -1.09. The van der Waals surface area contributed by atoms with Crippen LogP contribution in [0.2, 0.25) is 0 Å². The van der Waals surface area contributed by atoms with E-state index >= 15 is 0 Å². The van der Waals surface area contributed by atoms with E-state index in [1.807, 2.05) is 0 Å². The summed E-state index contributed by atoms with van der Waals surface area (Å²) in [6, 6.07) is -0.313. The first kappa shape index (κ1) is 9.46. The van der Waals surface area contributed by atoms with Gasteiger partial charge < -0.3 is 11.1 Å². The second kappa shape index (κ2) is 3.96. The molecule has 0 bridgehead atoms. The molecule has 0 aromatic carbocycles. The number of aromatic nitrogens is 2. The van der Waals surface area contributed by atoms with Gasteiger partial charge in [-0.25, -0.2) is 10.9 Å². The summed E-state index contributed by atoms with van der Waals surface area (Å²) in [4.78, 5) is 11.5. The second-order valence-corrected chi connectivity index (χ2v) is 3.57. The summed E-state index contributed by atoms with van der Waals surface area (Å²) in [7, 11) is 0. The summed E-state index contributed by atoms with van der Waals surface area (Å²) in [5.74, 6) is 0.320. The Morgan fingerprint density at radius 2 is 2.57 bits per heavy atom. The minimum absolute atomic E-state index is 0.154. The quantitative estimate of drug-likeness (QED) is 0.484. The van der Waals surface area contributed by atoms with Crippen molar-refractivity contribution in [3.05, 3.63) is 5.38 Å². The molecule has 1 aromatic rings. The van der Waals surface area contributed by atoms with Crippen molar-refractivity contribution in [3.8, 4) is 0 Å². The van der Waals surface area contributed by atoms with Crippen molar-refractivity contribution in [2.24, 2.45) is 5.73 Å². The molecule has 0 aliphatic carbocycles. The standard InChI is InChI=1S/C6H10N6OS/c7-4-1-3(9-10-4)6(13)8-5-2-14-12-11-5/h2-4,9-10H,1,7H2,(H,8,13). The maximum Gasteiger partial charge on any atom is 0.244 e. The normalized spacial score (nSPS) is 26.4. The van der Waals surface area contributed by atoms with Crippen LogP contribution in [0.15, 0.2) is 5.38 Å². The van der Waals surface area contributed by atoms with E-state index in [0.29, 0.717) is 12.2 Å². The summed E-state index contributed by atoms with van der Waals surface area (Å²) in [6.07, 6.45) is 0.378. The molecule has 0 spiro atoms. The fourth-order valence-electron chi connectivity index (χ4n) is 1.18. The lowest BCUT2D eigenvalue weighted by Gasteiger charge is -2.07. The zero-order chi connectivity index (χ0) is 9.97. The first-order valence-electron chi connectivity index (χ1n) is 4.10. The third-order valence-electron chi connectivity index (χ3n) is 1.86. The third kappa shape index (κ3) is 2.04. The van der Waals surface area contributed by atoms with Gasteiger partial charge in [-0.2, -0.15) is 0 Å². The number of anilines is 1. The summed E-state index contributed by atoms with van der Waals surface area (Å²) < 4.78 is 3.63. The van der Waals surface area contributed by atoms with E-state index in [1.54, 1.807) is 5.38 Å². The number of hydrogen-bond donors (Lipinski definition) is 4. The Bertz CT molecular complexity index is 314. The summed E-state index contributed by atoms with van der Waals surface area (Å²) >= 11 is 1.19. The van der Waals surface area contributed by atoms with Crippen molar-refractivity contribution in [3.63, 3.8) is 0 Å². The van der Waals surface area contributed by atoms with Gasteiger partial charge >= 0.3 is 0 Å². The molecule has 8 heteroatoms. The van der Waals surface area contributed by atoms with Crippen LogP contribution in [0.25, 0.3) is 0 Å². The zero-order valence-electron chi connectivity index (χ0n) is 7.23. The Balaban J connectivity index is 1.90. The van der Waals surface area contributed by atoms with Gasteiger partial charge in [-0.05, 0) is 11.5 Å². The maximum absolute atomic E-state index is 11.5. The van der Waals surface area contributed by atoms with Gasteiger partial charge in [0.25, 0.3) is 0 Å². The monoisotopic (exact) mass is 214 g/mol. The van der Waals surface area contributed by atoms with Gasteiger partial charge in [-0.1, -0.05) is 4.49 Å². The van der Waals surface area contributed by atoms with Crippen LogP contribution in [0.4, 0.5) is 5.82 Å². The number of nitrogens with zero attached hydrogens (tertiary/aromatic N) is 2. The van der Waals surface area contributed by atoms with E-state index in [0.717, 1.165) is 0 Å². The fourth-order valence-corrected chi connectivity index (χ4v) is 1.57. The number of rotatable bonds is 2. The van der Waals surface area contributed by atoms with E-state index in [-0.39, 0.29) is 18.1 Å². The molecule has 1 aliphatic rings.